The number of carbonyl (C=O) groups is 2. The molecule has 0 spiro atoms. The molecule has 3 rings (SSSR count). The minimum absolute atomic E-state index is 0.108. The largest absolute Gasteiger partial charge is 0.496 e. The maximum atomic E-state index is 12.5. The van der Waals surface area contributed by atoms with Crippen LogP contribution in [-0.2, 0) is 20.7 Å². The molecule has 5 heteroatoms. The fraction of sp³-hybridized carbons (Fsp3) is 0.600. The zero-order valence-corrected chi connectivity index (χ0v) is 15.4. The molecule has 0 amide bonds. The van der Waals surface area contributed by atoms with Gasteiger partial charge in [0.05, 0.1) is 26.7 Å². The number of hydrogen-bond acceptors (Lipinski definition) is 5. The SMILES string of the molecule is COC(=O)c1cc2c(cc1OC)[C@@H]1CCC[C@@](C)(C(=O)OC)[C@H]1CC2. The topological polar surface area (TPSA) is 61.8 Å². The molecule has 2 aliphatic rings. The van der Waals surface area contributed by atoms with Crippen molar-refractivity contribution in [1.29, 1.82) is 0 Å². The van der Waals surface area contributed by atoms with Crippen molar-refractivity contribution < 1.29 is 23.8 Å². The predicted octanol–water partition coefficient (Wildman–Crippen LogP) is 3.49. The Balaban J connectivity index is 2.04. The summed E-state index contributed by atoms with van der Waals surface area (Å²) in [5.74, 6) is 0.599. The number of carbonyl (C=O) groups excluding carboxylic acids is 2. The minimum Gasteiger partial charge on any atom is -0.496 e. The molecule has 0 aliphatic heterocycles. The van der Waals surface area contributed by atoms with E-state index in [1.165, 1.54) is 19.8 Å². The Morgan fingerprint density at radius 2 is 1.88 bits per heavy atom. The van der Waals surface area contributed by atoms with Crippen molar-refractivity contribution in [3.05, 3.63) is 28.8 Å². The van der Waals surface area contributed by atoms with E-state index >= 15 is 0 Å². The molecule has 0 aromatic heterocycles. The van der Waals surface area contributed by atoms with E-state index in [0.717, 1.165) is 37.7 Å². The first-order valence-electron chi connectivity index (χ1n) is 8.83. The van der Waals surface area contributed by atoms with Crippen LogP contribution in [0.1, 0.15) is 60.0 Å². The van der Waals surface area contributed by atoms with Crippen LogP contribution in [0.15, 0.2) is 12.1 Å². The maximum Gasteiger partial charge on any atom is 0.341 e. The lowest BCUT2D eigenvalue weighted by Gasteiger charge is -2.47. The Morgan fingerprint density at radius 1 is 1.12 bits per heavy atom. The van der Waals surface area contributed by atoms with Gasteiger partial charge in [-0.1, -0.05) is 6.42 Å². The first kappa shape index (κ1) is 17.8. The number of rotatable bonds is 3. The molecule has 3 atom stereocenters. The molecule has 0 heterocycles. The highest BCUT2D eigenvalue weighted by atomic mass is 16.5. The molecule has 0 radical (unpaired) electrons. The minimum atomic E-state index is -0.441. The second-order valence-corrected chi connectivity index (χ2v) is 7.30. The molecule has 0 N–H and O–H groups in total. The summed E-state index contributed by atoms with van der Waals surface area (Å²) in [4.78, 5) is 24.5. The van der Waals surface area contributed by atoms with Gasteiger partial charge < -0.3 is 14.2 Å². The van der Waals surface area contributed by atoms with Crippen LogP contribution in [0.3, 0.4) is 0 Å². The van der Waals surface area contributed by atoms with E-state index in [-0.39, 0.29) is 17.9 Å². The monoisotopic (exact) mass is 346 g/mol. The number of ether oxygens (including phenoxy) is 3. The molecule has 136 valence electrons. The highest BCUT2D eigenvalue weighted by molar-refractivity contribution is 5.93. The molecule has 0 unspecified atom stereocenters. The lowest BCUT2D eigenvalue weighted by atomic mass is 9.56. The van der Waals surface area contributed by atoms with Gasteiger partial charge in [0, 0.05) is 0 Å². The fourth-order valence-corrected chi connectivity index (χ4v) is 4.85. The highest BCUT2D eigenvalue weighted by Crippen LogP contribution is 2.54. The molecule has 0 saturated heterocycles. The van der Waals surface area contributed by atoms with Crippen LogP contribution >= 0.6 is 0 Å². The maximum absolute atomic E-state index is 12.5. The number of fused-ring (bicyclic) bond motifs is 3. The average Bonchev–Trinajstić information content (AvgIpc) is 2.65. The third kappa shape index (κ3) is 2.79. The van der Waals surface area contributed by atoms with Gasteiger partial charge in [0.2, 0.25) is 0 Å². The summed E-state index contributed by atoms with van der Waals surface area (Å²) < 4.78 is 15.4. The van der Waals surface area contributed by atoms with Crippen LogP contribution < -0.4 is 4.74 Å². The van der Waals surface area contributed by atoms with E-state index in [0.29, 0.717) is 17.2 Å². The number of benzene rings is 1. The average molecular weight is 346 g/mol. The Morgan fingerprint density at radius 3 is 2.52 bits per heavy atom. The van der Waals surface area contributed by atoms with E-state index in [1.54, 1.807) is 7.11 Å². The third-order valence-electron chi connectivity index (χ3n) is 6.16. The van der Waals surface area contributed by atoms with Crippen molar-refractivity contribution in [2.75, 3.05) is 21.3 Å². The van der Waals surface area contributed by atoms with Gasteiger partial charge >= 0.3 is 11.9 Å². The molecule has 1 aromatic rings. The second kappa shape index (κ2) is 6.70. The van der Waals surface area contributed by atoms with Gasteiger partial charge in [-0.3, -0.25) is 4.79 Å². The number of methoxy groups -OCH3 is 3. The zero-order chi connectivity index (χ0) is 18.2. The normalized spacial score (nSPS) is 27.7. The molecular weight excluding hydrogens is 320 g/mol. The van der Waals surface area contributed by atoms with Gasteiger partial charge in [-0.25, -0.2) is 4.79 Å². The predicted molar refractivity (Wildman–Crippen MR) is 92.9 cm³/mol. The first-order valence-corrected chi connectivity index (χ1v) is 8.83. The molecular formula is C20H26O5. The van der Waals surface area contributed by atoms with Crippen molar-refractivity contribution in [3.8, 4) is 5.75 Å². The van der Waals surface area contributed by atoms with E-state index in [1.807, 2.05) is 19.1 Å². The van der Waals surface area contributed by atoms with Gasteiger partial charge in [0.1, 0.15) is 11.3 Å². The van der Waals surface area contributed by atoms with Crippen molar-refractivity contribution in [2.45, 2.75) is 44.9 Å². The van der Waals surface area contributed by atoms with Gasteiger partial charge in [-0.15, -0.1) is 0 Å². The lowest BCUT2D eigenvalue weighted by molar-refractivity contribution is -0.158. The van der Waals surface area contributed by atoms with E-state index in [2.05, 4.69) is 0 Å². The van der Waals surface area contributed by atoms with Crippen LogP contribution in [0.25, 0.3) is 0 Å². The zero-order valence-electron chi connectivity index (χ0n) is 15.4. The Bertz CT molecular complexity index is 696. The highest BCUT2D eigenvalue weighted by Gasteiger charge is 2.50. The lowest BCUT2D eigenvalue weighted by Crippen LogP contribution is -2.44. The molecule has 1 aromatic carbocycles. The fourth-order valence-electron chi connectivity index (χ4n) is 4.85. The van der Waals surface area contributed by atoms with Crippen LogP contribution in [-0.4, -0.2) is 33.3 Å². The number of aryl methyl sites for hydroxylation is 1. The van der Waals surface area contributed by atoms with Crippen molar-refractivity contribution >= 4 is 11.9 Å². The van der Waals surface area contributed by atoms with Crippen molar-refractivity contribution in [2.24, 2.45) is 11.3 Å². The van der Waals surface area contributed by atoms with Gasteiger partial charge in [0.25, 0.3) is 0 Å². The first-order chi connectivity index (χ1) is 12.0. The van der Waals surface area contributed by atoms with Crippen molar-refractivity contribution in [1.82, 2.24) is 0 Å². The quantitative estimate of drug-likeness (QED) is 0.784. The molecule has 2 aliphatic carbocycles. The van der Waals surface area contributed by atoms with Gasteiger partial charge in [-0.05, 0) is 67.7 Å². The van der Waals surface area contributed by atoms with Gasteiger partial charge in [0.15, 0.2) is 0 Å². The molecule has 1 fully saturated rings. The van der Waals surface area contributed by atoms with Crippen LogP contribution in [0.4, 0.5) is 0 Å². The number of esters is 2. The molecule has 25 heavy (non-hydrogen) atoms. The summed E-state index contributed by atoms with van der Waals surface area (Å²) in [6, 6.07) is 3.88. The van der Waals surface area contributed by atoms with Crippen LogP contribution in [0.2, 0.25) is 0 Å². The van der Waals surface area contributed by atoms with Crippen molar-refractivity contribution in [3.63, 3.8) is 0 Å². The standard InChI is InChI=1S/C20H26O5/c1-20(19(22)25-4)9-5-6-13-14-11-17(23-2)15(18(21)24-3)10-12(14)7-8-16(13)20/h10-11,13,16H,5-9H2,1-4H3/t13-,16-,20+/m0/s1. The third-order valence-corrected chi connectivity index (χ3v) is 6.16. The summed E-state index contributed by atoms with van der Waals surface area (Å²) in [5.41, 5.74) is 2.39. The summed E-state index contributed by atoms with van der Waals surface area (Å²) in [7, 11) is 4.41. The van der Waals surface area contributed by atoms with Gasteiger partial charge in [-0.2, -0.15) is 0 Å². The number of hydrogen-bond donors (Lipinski definition) is 0. The Hall–Kier alpha value is -2.04. The summed E-state index contributed by atoms with van der Waals surface area (Å²) >= 11 is 0. The Labute approximate surface area is 148 Å². The summed E-state index contributed by atoms with van der Waals surface area (Å²) in [6.07, 6.45) is 4.68. The van der Waals surface area contributed by atoms with Crippen LogP contribution in [0, 0.1) is 11.3 Å². The molecule has 1 saturated carbocycles. The smallest absolute Gasteiger partial charge is 0.341 e. The summed E-state index contributed by atoms with van der Waals surface area (Å²) in [6.45, 7) is 2.04. The molecule has 5 nitrogen and oxygen atoms in total. The molecule has 0 bridgehead atoms. The van der Waals surface area contributed by atoms with E-state index in [4.69, 9.17) is 14.2 Å². The van der Waals surface area contributed by atoms with Crippen LogP contribution in [0.5, 0.6) is 5.75 Å². The Kier molecular flexibility index (Phi) is 4.76. The summed E-state index contributed by atoms with van der Waals surface area (Å²) in [5, 5.41) is 0. The van der Waals surface area contributed by atoms with E-state index < -0.39 is 5.41 Å². The second-order valence-electron chi connectivity index (χ2n) is 7.30. The van der Waals surface area contributed by atoms with E-state index in [9.17, 15) is 9.59 Å².